The minimum absolute atomic E-state index is 0.0649. The fourth-order valence-corrected chi connectivity index (χ4v) is 4.24. The van der Waals surface area contributed by atoms with E-state index in [1.54, 1.807) is 45.0 Å². The average molecular weight is 430 g/mol. The Morgan fingerprint density at radius 2 is 1.68 bits per heavy atom. The van der Waals surface area contributed by atoms with Gasteiger partial charge in [-0.25, -0.2) is 4.79 Å². The van der Waals surface area contributed by atoms with Gasteiger partial charge in [-0.15, -0.1) is 0 Å². The van der Waals surface area contributed by atoms with Gasteiger partial charge in [0.15, 0.2) is 0 Å². The highest BCUT2D eigenvalue weighted by molar-refractivity contribution is 5.96. The van der Waals surface area contributed by atoms with Crippen LogP contribution >= 0.6 is 0 Å². The number of hydrogen-bond donors (Lipinski definition) is 2. The van der Waals surface area contributed by atoms with E-state index in [9.17, 15) is 14.4 Å². The highest BCUT2D eigenvalue weighted by Gasteiger charge is 2.28. The van der Waals surface area contributed by atoms with Crippen LogP contribution in [0.5, 0.6) is 0 Å². The Morgan fingerprint density at radius 3 is 2.32 bits per heavy atom. The summed E-state index contributed by atoms with van der Waals surface area (Å²) in [7, 11) is 0. The number of nitrogens with one attached hydrogen (secondary N) is 2. The number of piperidine rings is 1. The van der Waals surface area contributed by atoms with Gasteiger partial charge in [-0.3, -0.25) is 14.9 Å². The van der Waals surface area contributed by atoms with E-state index in [0.717, 1.165) is 38.5 Å². The van der Waals surface area contributed by atoms with Crippen molar-refractivity contribution in [1.29, 1.82) is 0 Å². The number of carbonyl (C=O) groups is 3. The summed E-state index contributed by atoms with van der Waals surface area (Å²) in [5.41, 5.74) is 0.460. The van der Waals surface area contributed by atoms with Crippen molar-refractivity contribution in [3.63, 3.8) is 0 Å². The SMILES string of the molecule is CC(C)(C)OC(=O)Nc1cccc(C(=O)N2CCC(NC(=O)C3CCCCC3)CC2)c1. The van der Waals surface area contributed by atoms with Crippen LogP contribution in [0.3, 0.4) is 0 Å². The van der Waals surface area contributed by atoms with Crippen LogP contribution in [0.25, 0.3) is 0 Å². The molecule has 1 saturated heterocycles. The summed E-state index contributed by atoms with van der Waals surface area (Å²) in [5.74, 6) is 0.281. The van der Waals surface area contributed by atoms with Gasteiger partial charge in [-0.2, -0.15) is 0 Å². The maximum Gasteiger partial charge on any atom is 0.412 e. The summed E-state index contributed by atoms with van der Waals surface area (Å²) in [5, 5.41) is 5.88. The first kappa shape index (κ1) is 23.1. The van der Waals surface area contributed by atoms with Crippen LogP contribution < -0.4 is 10.6 Å². The van der Waals surface area contributed by atoms with Gasteiger partial charge < -0.3 is 15.0 Å². The van der Waals surface area contributed by atoms with Crippen molar-refractivity contribution in [3.05, 3.63) is 29.8 Å². The molecule has 1 aromatic rings. The largest absolute Gasteiger partial charge is 0.444 e. The number of ether oxygens (including phenoxy) is 1. The predicted molar refractivity (Wildman–Crippen MR) is 120 cm³/mol. The van der Waals surface area contributed by atoms with E-state index in [2.05, 4.69) is 10.6 Å². The van der Waals surface area contributed by atoms with Crippen LogP contribution in [-0.4, -0.2) is 47.5 Å². The first-order valence-electron chi connectivity index (χ1n) is 11.4. The highest BCUT2D eigenvalue weighted by atomic mass is 16.6. The Labute approximate surface area is 184 Å². The quantitative estimate of drug-likeness (QED) is 0.745. The predicted octanol–water partition coefficient (Wildman–Crippen LogP) is 4.33. The third-order valence-corrected chi connectivity index (χ3v) is 5.86. The maximum absolute atomic E-state index is 12.9. The first-order chi connectivity index (χ1) is 14.7. The lowest BCUT2D eigenvalue weighted by Crippen LogP contribution is -2.48. The Hall–Kier alpha value is -2.57. The molecule has 170 valence electrons. The van der Waals surface area contributed by atoms with E-state index < -0.39 is 11.7 Å². The van der Waals surface area contributed by atoms with Crippen LogP contribution in [-0.2, 0) is 9.53 Å². The van der Waals surface area contributed by atoms with Crippen LogP contribution in [0.15, 0.2) is 24.3 Å². The molecule has 1 aliphatic carbocycles. The van der Waals surface area contributed by atoms with Crippen molar-refractivity contribution in [2.24, 2.45) is 5.92 Å². The highest BCUT2D eigenvalue weighted by Crippen LogP contribution is 2.24. The number of nitrogens with zero attached hydrogens (tertiary/aromatic N) is 1. The third-order valence-electron chi connectivity index (χ3n) is 5.86. The van der Waals surface area contributed by atoms with Crippen molar-refractivity contribution < 1.29 is 19.1 Å². The maximum atomic E-state index is 12.9. The van der Waals surface area contributed by atoms with Crippen LogP contribution in [0, 0.1) is 5.92 Å². The molecule has 0 bridgehead atoms. The number of hydrogen-bond acceptors (Lipinski definition) is 4. The minimum Gasteiger partial charge on any atom is -0.444 e. The van der Waals surface area contributed by atoms with Crippen LogP contribution in [0.4, 0.5) is 10.5 Å². The zero-order chi connectivity index (χ0) is 22.4. The summed E-state index contributed by atoms with van der Waals surface area (Å²) in [6, 6.07) is 7.03. The van der Waals surface area contributed by atoms with Crippen molar-refractivity contribution in [3.8, 4) is 0 Å². The van der Waals surface area contributed by atoms with Crippen LogP contribution in [0.2, 0.25) is 0 Å². The lowest BCUT2D eigenvalue weighted by molar-refractivity contribution is -0.126. The number of rotatable bonds is 4. The Kier molecular flexibility index (Phi) is 7.57. The van der Waals surface area contributed by atoms with Gasteiger partial charge in [0.05, 0.1) is 0 Å². The fraction of sp³-hybridized carbons (Fsp3) is 0.625. The number of likely N-dealkylation sites (tertiary alicyclic amines) is 1. The van der Waals surface area contributed by atoms with Gasteiger partial charge in [-0.1, -0.05) is 25.3 Å². The molecular weight excluding hydrogens is 394 g/mol. The lowest BCUT2D eigenvalue weighted by atomic mass is 9.88. The normalized spacial score (nSPS) is 18.4. The standard InChI is InChI=1S/C24H35N3O4/c1-24(2,3)31-23(30)26-20-11-7-10-18(16-20)22(29)27-14-12-19(13-15-27)25-21(28)17-8-5-4-6-9-17/h7,10-11,16-17,19H,4-6,8-9,12-15H2,1-3H3,(H,25,28)(H,26,30). The van der Waals surface area contributed by atoms with Crippen molar-refractivity contribution in [2.45, 2.75) is 77.4 Å². The van der Waals surface area contributed by atoms with E-state index >= 15 is 0 Å². The minimum atomic E-state index is -0.589. The van der Waals surface area contributed by atoms with Crippen LogP contribution in [0.1, 0.15) is 76.1 Å². The second-order valence-corrected chi connectivity index (χ2v) is 9.62. The molecule has 2 fully saturated rings. The van der Waals surface area contributed by atoms with E-state index in [1.165, 1.54) is 6.42 Å². The molecule has 7 heteroatoms. The second-order valence-electron chi connectivity index (χ2n) is 9.62. The topological polar surface area (TPSA) is 87.7 Å². The Balaban J connectivity index is 1.50. The Bertz CT molecular complexity index is 788. The molecule has 0 atom stereocenters. The summed E-state index contributed by atoms with van der Waals surface area (Å²) >= 11 is 0. The van der Waals surface area contributed by atoms with Crippen molar-refractivity contribution in [2.75, 3.05) is 18.4 Å². The fourth-order valence-electron chi connectivity index (χ4n) is 4.24. The van der Waals surface area contributed by atoms with Gasteiger partial charge in [0.2, 0.25) is 5.91 Å². The molecule has 0 aromatic heterocycles. The zero-order valence-corrected chi connectivity index (χ0v) is 18.9. The lowest BCUT2D eigenvalue weighted by Gasteiger charge is -2.33. The zero-order valence-electron chi connectivity index (χ0n) is 18.9. The van der Waals surface area contributed by atoms with Gasteiger partial charge in [0.25, 0.3) is 5.91 Å². The number of amides is 3. The Morgan fingerprint density at radius 1 is 1.00 bits per heavy atom. The molecule has 3 rings (SSSR count). The molecule has 0 spiro atoms. The molecule has 1 aliphatic heterocycles. The number of benzene rings is 1. The molecule has 2 aliphatic rings. The molecular formula is C24H35N3O4. The second kappa shape index (κ2) is 10.2. The molecule has 7 nitrogen and oxygen atoms in total. The summed E-state index contributed by atoms with van der Waals surface area (Å²) in [4.78, 5) is 39.2. The molecule has 31 heavy (non-hydrogen) atoms. The molecule has 1 aromatic carbocycles. The van der Waals surface area contributed by atoms with E-state index in [-0.39, 0.29) is 23.8 Å². The van der Waals surface area contributed by atoms with E-state index in [0.29, 0.717) is 24.3 Å². The number of anilines is 1. The molecule has 1 saturated carbocycles. The smallest absolute Gasteiger partial charge is 0.412 e. The first-order valence-corrected chi connectivity index (χ1v) is 11.4. The average Bonchev–Trinajstić information content (AvgIpc) is 2.73. The number of carbonyl (C=O) groups excluding carboxylic acids is 3. The summed E-state index contributed by atoms with van der Waals surface area (Å²) < 4.78 is 5.27. The van der Waals surface area contributed by atoms with Gasteiger partial charge in [0, 0.05) is 36.3 Å². The van der Waals surface area contributed by atoms with E-state index in [4.69, 9.17) is 4.74 Å². The van der Waals surface area contributed by atoms with Crippen molar-refractivity contribution in [1.82, 2.24) is 10.2 Å². The molecule has 1 heterocycles. The van der Waals surface area contributed by atoms with E-state index in [1.807, 2.05) is 4.90 Å². The van der Waals surface area contributed by atoms with Gasteiger partial charge >= 0.3 is 6.09 Å². The molecule has 0 radical (unpaired) electrons. The van der Waals surface area contributed by atoms with Gasteiger partial charge in [0.1, 0.15) is 5.60 Å². The van der Waals surface area contributed by atoms with Crippen molar-refractivity contribution >= 4 is 23.6 Å². The molecule has 2 N–H and O–H groups in total. The summed E-state index contributed by atoms with van der Waals surface area (Å²) in [6.45, 7) is 6.62. The third kappa shape index (κ3) is 6.97. The summed E-state index contributed by atoms with van der Waals surface area (Å²) in [6.07, 6.45) is 6.50. The molecule has 0 unspecified atom stereocenters. The van der Waals surface area contributed by atoms with Gasteiger partial charge in [-0.05, 0) is 64.7 Å². The monoisotopic (exact) mass is 429 g/mol. The molecule has 3 amide bonds.